The molecule has 1 aromatic heterocycles. The molecule has 27 heavy (non-hydrogen) atoms. The minimum Gasteiger partial charge on any atom is -0.459 e. The van der Waals surface area contributed by atoms with E-state index in [1.807, 2.05) is 57.3 Å². The zero-order chi connectivity index (χ0) is 19.4. The average Bonchev–Trinajstić information content (AvgIpc) is 3.19. The normalized spacial score (nSPS) is 29.0. The number of benzene rings is 1. The van der Waals surface area contributed by atoms with Crippen LogP contribution in [0, 0.1) is 12.3 Å². The van der Waals surface area contributed by atoms with Gasteiger partial charge < -0.3 is 14.8 Å². The number of rotatable bonds is 3. The molecule has 1 spiro atoms. The molecule has 0 unspecified atom stereocenters. The lowest BCUT2D eigenvalue weighted by Gasteiger charge is -2.20. The molecule has 1 N–H and O–H groups in total. The van der Waals surface area contributed by atoms with Crippen molar-refractivity contribution in [3.8, 4) is 0 Å². The van der Waals surface area contributed by atoms with Gasteiger partial charge in [0.2, 0.25) is 0 Å². The molecule has 2 aliphatic rings. The molecule has 7 heteroatoms. The third kappa shape index (κ3) is 3.00. The highest BCUT2D eigenvalue weighted by Crippen LogP contribution is 2.54. The van der Waals surface area contributed by atoms with Crippen molar-refractivity contribution in [2.75, 3.05) is 5.32 Å². The van der Waals surface area contributed by atoms with Crippen LogP contribution < -0.4 is 5.32 Å². The molecule has 0 saturated carbocycles. The van der Waals surface area contributed by atoms with Crippen LogP contribution in [0.25, 0.3) is 0 Å². The molecule has 2 atom stereocenters. The predicted molar refractivity (Wildman–Crippen MR) is 102 cm³/mol. The van der Waals surface area contributed by atoms with Crippen LogP contribution >= 0.6 is 11.3 Å². The molecule has 2 aliphatic heterocycles. The van der Waals surface area contributed by atoms with Crippen molar-refractivity contribution in [1.82, 2.24) is 4.98 Å². The van der Waals surface area contributed by atoms with E-state index in [0.717, 1.165) is 5.69 Å². The van der Waals surface area contributed by atoms with E-state index in [-0.39, 0.29) is 6.42 Å². The second-order valence-corrected chi connectivity index (χ2v) is 9.09. The maximum absolute atomic E-state index is 12.7. The van der Waals surface area contributed by atoms with E-state index in [1.54, 1.807) is 0 Å². The quantitative estimate of drug-likeness (QED) is 0.633. The van der Waals surface area contributed by atoms with E-state index in [1.165, 1.54) is 16.9 Å². The Kier molecular flexibility index (Phi) is 3.86. The number of hydrogen-bond acceptors (Lipinski definition) is 7. The molecule has 0 bridgehead atoms. The van der Waals surface area contributed by atoms with E-state index >= 15 is 0 Å². The third-order valence-corrected chi connectivity index (χ3v) is 5.94. The molecule has 0 radical (unpaired) electrons. The van der Waals surface area contributed by atoms with Crippen molar-refractivity contribution in [3.05, 3.63) is 40.9 Å². The van der Waals surface area contributed by atoms with Crippen molar-refractivity contribution in [1.29, 1.82) is 0 Å². The Bertz CT molecular complexity index is 920. The number of nitrogens with zero attached hydrogens (tertiary/aromatic N) is 1. The summed E-state index contributed by atoms with van der Waals surface area (Å²) in [5.74, 6) is -1.00. The van der Waals surface area contributed by atoms with Gasteiger partial charge in [-0.1, -0.05) is 17.7 Å². The fourth-order valence-corrected chi connectivity index (χ4v) is 4.79. The summed E-state index contributed by atoms with van der Waals surface area (Å²) in [4.78, 5) is 29.7. The number of aromatic nitrogens is 1. The maximum atomic E-state index is 12.7. The van der Waals surface area contributed by atoms with Crippen LogP contribution in [0.15, 0.2) is 29.6 Å². The first-order valence-electron chi connectivity index (χ1n) is 8.89. The van der Waals surface area contributed by atoms with Crippen LogP contribution in [0.4, 0.5) is 10.8 Å². The fraction of sp³-hybridized carbons (Fsp3) is 0.450. The summed E-state index contributed by atoms with van der Waals surface area (Å²) in [7, 11) is 0. The Balaban J connectivity index is 1.57. The Labute approximate surface area is 161 Å². The number of carbonyl (C=O) groups is 2. The van der Waals surface area contributed by atoms with Crippen molar-refractivity contribution >= 4 is 34.1 Å². The highest BCUT2D eigenvalue weighted by Gasteiger charge is 2.67. The van der Waals surface area contributed by atoms with Crippen molar-refractivity contribution in [3.63, 3.8) is 0 Å². The number of thiazole rings is 1. The molecule has 0 aliphatic carbocycles. The molecule has 4 rings (SSSR count). The Hall–Kier alpha value is -2.41. The predicted octanol–water partition coefficient (Wildman–Crippen LogP) is 4.07. The zero-order valence-electron chi connectivity index (χ0n) is 15.8. The molecule has 142 valence electrons. The van der Waals surface area contributed by atoms with Gasteiger partial charge in [-0.15, -0.1) is 11.3 Å². The number of esters is 2. The number of ether oxygens (including phenoxy) is 2. The van der Waals surface area contributed by atoms with Crippen molar-refractivity contribution in [2.24, 2.45) is 5.41 Å². The summed E-state index contributed by atoms with van der Waals surface area (Å²) in [5, 5.41) is 5.84. The first-order valence-corrected chi connectivity index (χ1v) is 9.77. The maximum Gasteiger partial charge on any atom is 0.324 e. The van der Waals surface area contributed by atoms with E-state index in [0.29, 0.717) is 17.2 Å². The van der Waals surface area contributed by atoms with Crippen LogP contribution in [-0.2, 0) is 24.7 Å². The van der Waals surface area contributed by atoms with E-state index in [2.05, 4.69) is 10.3 Å². The second kappa shape index (κ2) is 5.79. The van der Waals surface area contributed by atoms with Crippen LogP contribution in [-0.4, -0.2) is 22.5 Å². The molecule has 2 fully saturated rings. The third-order valence-electron chi connectivity index (χ3n) is 5.18. The second-order valence-electron chi connectivity index (χ2n) is 8.23. The highest BCUT2D eigenvalue weighted by atomic mass is 32.1. The highest BCUT2D eigenvalue weighted by molar-refractivity contribution is 7.13. The fourth-order valence-electron chi connectivity index (χ4n) is 3.94. The van der Waals surface area contributed by atoms with Gasteiger partial charge in [-0.2, -0.15) is 0 Å². The largest absolute Gasteiger partial charge is 0.459 e. The van der Waals surface area contributed by atoms with Gasteiger partial charge in [0, 0.05) is 23.9 Å². The standard InChI is InChI=1S/C20H22N2O4S/c1-12-5-7-13(8-6-12)21-17-22-14(9-27-17)19(4)11-20(16(24)26-19)10-18(2,3)25-15(20)23/h5-9H,10-11H2,1-4H3,(H,21,22)/t19-,20-/m0/s1. The summed E-state index contributed by atoms with van der Waals surface area (Å²) >= 11 is 1.44. The van der Waals surface area contributed by atoms with Crippen LogP contribution in [0.3, 0.4) is 0 Å². The SMILES string of the molecule is Cc1ccc(Nc2nc([C@]3(C)C[C@]4(CC(C)(C)OC4=O)C(=O)O3)cs2)cc1. The zero-order valence-corrected chi connectivity index (χ0v) is 16.6. The van der Waals surface area contributed by atoms with Crippen LogP contribution in [0.2, 0.25) is 0 Å². The molecule has 1 aromatic carbocycles. The van der Waals surface area contributed by atoms with Gasteiger partial charge in [0.05, 0.1) is 5.69 Å². The first kappa shape index (κ1) is 18.0. The summed E-state index contributed by atoms with van der Waals surface area (Å²) < 4.78 is 11.1. The van der Waals surface area contributed by atoms with Gasteiger partial charge in [-0.3, -0.25) is 9.59 Å². The summed E-state index contributed by atoms with van der Waals surface area (Å²) in [5.41, 5.74) is -0.0752. The average molecular weight is 386 g/mol. The number of aryl methyl sites for hydroxylation is 1. The summed E-state index contributed by atoms with van der Waals surface area (Å²) in [6, 6.07) is 8.01. The monoisotopic (exact) mass is 386 g/mol. The lowest BCUT2D eigenvalue weighted by Crippen LogP contribution is -2.32. The van der Waals surface area contributed by atoms with Crippen molar-refractivity contribution in [2.45, 2.75) is 51.7 Å². The van der Waals surface area contributed by atoms with Gasteiger partial charge in [0.1, 0.15) is 5.60 Å². The molecule has 2 saturated heterocycles. The number of nitrogens with one attached hydrogen (secondary N) is 1. The number of hydrogen-bond donors (Lipinski definition) is 1. The molecule has 6 nitrogen and oxygen atoms in total. The Morgan fingerprint density at radius 3 is 2.33 bits per heavy atom. The van der Waals surface area contributed by atoms with E-state index in [4.69, 9.17) is 9.47 Å². The number of anilines is 2. The molecular weight excluding hydrogens is 364 g/mol. The van der Waals surface area contributed by atoms with E-state index in [9.17, 15) is 9.59 Å². The lowest BCUT2D eigenvalue weighted by atomic mass is 9.75. The number of cyclic esters (lactones) is 2. The van der Waals surface area contributed by atoms with Gasteiger partial charge in [-0.05, 0) is 39.8 Å². The van der Waals surface area contributed by atoms with Gasteiger partial charge in [0.15, 0.2) is 16.1 Å². The van der Waals surface area contributed by atoms with Gasteiger partial charge in [-0.25, -0.2) is 4.98 Å². The van der Waals surface area contributed by atoms with Crippen molar-refractivity contribution < 1.29 is 19.1 Å². The van der Waals surface area contributed by atoms with E-state index < -0.39 is 28.6 Å². The lowest BCUT2D eigenvalue weighted by molar-refractivity contribution is -0.161. The smallest absolute Gasteiger partial charge is 0.324 e. The minimum absolute atomic E-state index is 0.245. The number of carbonyl (C=O) groups excluding carboxylic acids is 2. The summed E-state index contributed by atoms with van der Waals surface area (Å²) in [6.45, 7) is 7.47. The first-order chi connectivity index (χ1) is 12.6. The Morgan fingerprint density at radius 2 is 1.70 bits per heavy atom. The van der Waals surface area contributed by atoms with Gasteiger partial charge >= 0.3 is 11.9 Å². The Morgan fingerprint density at radius 1 is 1.04 bits per heavy atom. The molecule has 3 heterocycles. The van der Waals surface area contributed by atoms with Crippen LogP contribution in [0.1, 0.15) is 44.9 Å². The summed E-state index contributed by atoms with van der Waals surface area (Å²) in [6.07, 6.45) is 0.570. The molecular formula is C20H22N2O4S. The molecule has 0 amide bonds. The van der Waals surface area contributed by atoms with Crippen LogP contribution in [0.5, 0.6) is 0 Å². The topological polar surface area (TPSA) is 77.5 Å². The molecule has 2 aromatic rings. The van der Waals surface area contributed by atoms with Gasteiger partial charge in [0.25, 0.3) is 0 Å². The minimum atomic E-state index is -1.23.